The third kappa shape index (κ3) is 4.96. The average molecular weight is 294 g/mol. The molecule has 7 nitrogen and oxygen atoms in total. The third-order valence-corrected chi connectivity index (χ3v) is 3.56. The Balaban J connectivity index is 1.86. The Labute approximate surface area is 124 Å². The predicted octanol–water partition coefficient (Wildman–Crippen LogP) is 1.74. The molecular formula is C14H22N4O3. The molecule has 1 aliphatic carbocycles. The number of non-ortho nitro benzene ring substituents is 1. The maximum absolute atomic E-state index is 10.8. The number of rotatable bonds is 9. The highest BCUT2D eigenvalue weighted by Crippen LogP contribution is 2.28. The van der Waals surface area contributed by atoms with Gasteiger partial charge < -0.3 is 10.2 Å². The van der Waals surface area contributed by atoms with Crippen LogP contribution in [0.25, 0.3) is 0 Å². The van der Waals surface area contributed by atoms with Crippen LogP contribution in [0.3, 0.4) is 0 Å². The monoisotopic (exact) mass is 294 g/mol. The summed E-state index contributed by atoms with van der Waals surface area (Å²) in [6.07, 6.45) is 2.57. The zero-order chi connectivity index (χ0) is 15.2. The highest BCUT2D eigenvalue weighted by atomic mass is 16.6. The van der Waals surface area contributed by atoms with Gasteiger partial charge in [-0.2, -0.15) is 0 Å². The molecule has 7 heteroatoms. The normalized spacial score (nSPS) is 14.4. The van der Waals surface area contributed by atoms with Crippen molar-refractivity contribution in [2.75, 3.05) is 32.2 Å². The van der Waals surface area contributed by atoms with E-state index in [0.29, 0.717) is 18.8 Å². The number of nitrogens with two attached hydrogens (primary N) is 1. The highest BCUT2D eigenvalue weighted by Gasteiger charge is 2.21. The Hall–Kier alpha value is -1.70. The summed E-state index contributed by atoms with van der Waals surface area (Å²) in [6, 6.07) is 4.62. The van der Waals surface area contributed by atoms with Crippen molar-refractivity contribution in [1.82, 2.24) is 4.90 Å². The summed E-state index contributed by atoms with van der Waals surface area (Å²) in [6.45, 7) is 2.88. The molecule has 3 N–H and O–H groups in total. The Morgan fingerprint density at radius 2 is 2.29 bits per heavy atom. The maximum atomic E-state index is 10.8. The number of benzene rings is 1. The van der Waals surface area contributed by atoms with Crippen molar-refractivity contribution in [2.24, 2.45) is 11.8 Å². The molecule has 21 heavy (non-hydrogen) atoms. The van der Waals surface area contributed by atoms with Crippen molar-refractivity contribution in [1.29, 1.82) is 0 Å². The van der Waals surface area contributed by atoms with Crippen molar-refractivity contribution in [2.45, 2.75) is 19.4 Å². The minimum atomic E-state index is -0.400. The van der Waals surface area contributed by atoms with Crippen molar-refractivity contribution in [3.8, 4) is 0 Å². The van der Waals surface area contributed by atoms with Crippen molar-refractivity contribution < 1.29 is 9.66 Å². The minimum Gasteiger partial charge on any atom is -0.380 e. The Bertz CT molecular complexity index is 491. The fourth-order valence-electron chi connectivity index (χ4n) is 2.09. The second-order valence-electron chi connectivity index (χ2n) is 5.50. The van der Waals surface area contributed by atoms with Crippen LogP contribution in [-0.4, -0.2) is 36.6 Å². The number of hydrogen-bond acceptors (Lipinski definition) is 6. The van der Waals surface area contributed by atoms with Crippen molar-refractivity contribution >= 4 is 11.4 Å². The second-order valence-corrected chi connectivity index (χ2v) is 5.50. The van der Waals surface area contributed by atoms with Crippen LogP contribution in [0.15, 0.2) is 18.2 Å². The molecule has 0 aliphatic heterocycles. The first-order valence-electron chi connectivity index (χ1n) is 7.10. The lowest BCUT2D eigenvalue weighted by Gasteiger charge is -2.18. The quantitative estimate of drug-likeness (QED) is 0.312. The van der Waals surface area contributed by atoms with Gasteiger partial charge in [-0.25, -0.2) is 0 Å². The van der Waals surface area contributed by atoms with Crippen LogP contribution in [-0.2, 0) is 11.3 Å². The zero-order valence-electron chi connectivity index (χ0n) is 12.2. The van der Waals surface area contributed by atoms with Gasteiger partial charge in [0.1, 0.15) is 0 Å². The molecule has 0 heterocycles. The van der Waals surface area contributed by atoms with Crippen molar-refractivity contribution in [3.05, 3.63) is 33.9 Å². The van der Waals surface area contributed by atoms with E-state index < -0.39 is 4.92 Å². The molecule has 0 unspecified atom stereocenters. The first-order chi connectivity index (χ1) is 10.1. The molecule has 1 aromatic rings. The molecule has 0 spiro atoms. The summed E-state index contributed by atoms with van der Waals surface area (Å²) >= 11 is 0. The highest BCUT2D eigenvalue weighted by molar-refractivity contribution is 5.55. The van der Waals surface area contributed by atoms with Gasteiger partial charge in [-0.15, -0.1) is 0 Å². The SMILES string of the molecule is CN(CCOCC1CC1)Cc1cc([N+](=O)[O-])ccc1NN. The summed E-state index contributed by atoms with van der Waals surface area (Å²) in [5.41, 5.74) is 4.15. The average Bonchev–Trinajstić information content (AvgIpc) is 3.27. The largest absolute Gasteiger partial charge is 0.380 e. The molecule has 1 aromatic carbocycles. The first kappa shape index (κ1) is 15.7. The standard InChI is InChI=1S/C14H22N4O3/c1-17(6-7-21-10-11-2-3-11)9-12-8-13(18(19)20)4-5-14(12)16-15/h4-5,8,11,16H,2-3,6-7,9-10,15H2,1H3. The van der Waals surface area contributed by atoms with E-state index in [-0.39, 0.29) is 5.69 Å². The van der Waals surface area contributed by atoms with Gasteiger partial charge in [0.15, 0.2) is 0 Å². The van der Waals surface area contributed by atoms with E-state index in [1.807, 2.05) is 7.05 Å². The smallest absolute Gasteiger partial charge is 0.269 e. The van der Waals surface area contributed by atoms with E-state index in [9.17, 15) is 10.1 Å². The third-order valence-electron chi connectivity index (χ3n) is 3.56. The van der Waals surface area contributed by atoms with Gasteiger partial charge in [0.05, 0.1) is 17.2 Å². The lowest BCUT2D eigenvalue weighted by Crippen LogP contribution is -2.24. The molecule has 2 rings (SSSR count). The number of nitrogen functional groups attached to an aromatic ring is 1. The summed E-state index contributed by atoms with van der Waals surface area (Å²) in [7, 11) is 1.96. The number of nitrogens with one attached hydrogen (secondary N) is 1. The van der Waals surface area contributed by atoms with E-state index in [0.717, 1.165) is 24.6 Å². The van der Waals surface area contributed by atoms with Crippen LogP contribution in [0.4, 0.5) is 11.4 Å². The maximum Gasteiger partial charge on any atom is 0.269 e. The van der Waals surface area contributed by atoms with Gasteiger partial charge >= 0.3 is 0 Å². The summed E-state index contributed by atoms with van der Waals surface area (Å²) < 4.78 is 5.59. The fourth-order valence-corrected chi connectivity index (χ4v) is 2.09. The van der Waals surface area contributed by atoms with Gasteiger partial charge in [-0.05, 0) is 37.4 Å². The minimum absolute atomic E-state index is 0.0717. The topological polar surface area (TPSA) is 93.7 Å². The zero-order valence-corrected chi connectivity index (χ0v) is 12.2. The van der Waals surface area contributed by atoms with Gasteiger partial charge in [-0.3, -0.25) is 20.9 Å². The predicted molar refractivity (Wildman–Crippen MR) is 80.8 cm³/mol. The van der Waals surface area contributed by atoms with Gasteiger partial charge in [-0.1, -0.05) is 0 Å². The van der Waals surface area contributed by atoms with Crippen molar-refractivity contribution in [3.63, 3.8) is 0 Å². The van der Waals surface area contributed by atoms with E-state index in [1.165, 1.54) is 18.9 Å². The molecule has 0 radical (unpaired) electrons. The second kappa shape index (κ2) is 7.35. The Kier molecular flexibility index (Phi) is 5.49. The van der Waals surface area contributed by atoms with E-state index in [2.05, 4.69) is 10.3 Å². The van der Waals surface area contributed by atoms with Gasteiger partial charge in [0.2, 0.25) is 0 Å². The van der Waals surface area contributed by atoms with Crippen LogP contribution < -0.4 is 11.3 Å². The molecule has 0 saturated heterocycles. The van der Waals surface area contributed by atoms with E-state index >= 15 is 0 Å². The Morgan fingerprint density at radius 1 is 1.52 bits per heavy atom. The molecule has 0 atom stereocenters. The van der Waals surface area contributed by atoms with Crippen LogP contribution in [0, 0.1) is 16.0 Å². The molecule has 0 amide bonds. The number of nitro groups is 1. The molecule has 0 aromatic heterocycles. The lowest BCUT2D eigenvalue weighted by molar-refractivity contribution is -0.384. The van der Waals surface area contributed by atoms with Gasteiger partial charge in [0.25, 0.3) is 5.69 Å². The fraction of sp³-hybridized carbons (Fsp3) is 0.571. The molecule has 116 valence electrons. The van der Waals surface area contributed by atoms with E-state index in [4.69, 9.17) is 10.6 Å². The first-order valence-corrected chi connectivity index (χ1v) is 7.10. The number of hydrazine groups is 1. The number of anilines is 1. The summed E-state index contributed by atoms with van der Waals surface area (Å²) in [4.78, 5) is 12.5. The number of ether oxygens (including phenoxy) is 1. The summed E-state index contributed by atoms with van der Waals surface area (Å²) in [5.74, 6) is 6.22. The Morgan fingerprint density at radius 3 is 2.90 bits per heavy atom. The number of likely N-dealkylation sites (N-methyl/N-ethyl adjacent to an activating group) is 1. The number of nitrogens with zero attached hydrogens (tertiary/aromatic N) is 2. The van der Waals surface area contributed by atoms with E-state index in [1.54, 1.807) is 12.1 Å². The molecule has 1 saturated carbocycles. The van der Waals surface area contributed by atoms with Crippen LogP contribution >= 0.6 is 0 Å². The van der Waals surface area contributed by atoms with Gasteiger partial charge in [0, 0.05) is 31.8 Å². The lowest BCUT2D eigenvalue weighted by atomic mass is 10.1. The van der Waals surface area contributed by atoms with Crippen LogP contribution in [0.1, 0.15) is 18.4 Å². The number of nitro benzene ring substituents is 1. The molecular weight excluding hydrogens is 272 g/mol. The molecule has 1 fully saturated rings. The van der Waals surface area contributed by atoms with Crippen LogP contribution in [0.5, 0.6) is 0 Å². The molecule has 1 aliphatic rings. The number of hydrogen-bond donors (Lipinski definition) is 2. The molecule has 0 bridgehead atoms. The summed E-state index contributed by atoms with van der Waals surface area (Å²) in [5, 5.41) is 10.8. The van der Waals surface area contributed by atoms with Crippen LogP contribution in [0.2, 0.25) is 0 Å².